The number of nitrogens with zero attached hydrogens (tertiary/aromatic N) is 7. The summed E-state index contributed by atoms with van der Waals surface area (Å²) in [7, 11) is 3.94. The monoisotopic (exact) mass is 517 g/mol. The molecule has 2 heterocycles. The van der Waals surface area contributed by atoms with Crippen molar-refractivity contribution in [3.8, 4) is 0 Å². The van der Waals surface area contributed by atoms with Crippen LogP contribution in [-0.2, 0) is 22.6 Å². The maximum absolute atomic E-state index is 12.3. The number of anilines is 1. The fourth-order valence-corrected chi connectivity index (χ4v) is 4.51. The molecule has 0 bridgehead atoms. The van der Waals surface area contributed by atoms with Crippen LogP contribution >= 0.6 is 34.9 Å². The van der Waals surface area contributed by atoms with E-state index in [0.29, 0.717) is 34.7 Å². The topological polar surface area (TPSA) is 185 Å². The van der Waals surface area contributed by atoms with Crippen molar-refractivity contribution < 1.29 is 19.8 Å². The number of carbonyl (C=O) groups excluding carboxylic acids is 1. The van der Waals surface area contributed by atoms with Crippen LogP contribution in [0.3, 0.4) is 0 Å². The van der Waals surface area contributed by atoms with Gasteiger partial charge < -0.3 is 26.2 Å². The molecule has 0 aromatic carbocycles. The summed E-state index contributed by atoms with van der Waals surface area (Å²) in [6.07, 6.45) is 2.00. The molecule has 0 aliphatic rings. The zero-order chi connectivity index (χ0) is 24.2. The van der Waals surface area contributed by atoms with E-state index in [1.54, 1.807) is 16.3 Å². The van der Waals surface area contributed by atoms with Gasteiger partial charge >= 0.3 is 5.97 Å². The number of aliphatic imine (C=N–C) groups is 1. The van der Waals surface area contributed by atoms with Gasteiger partial charge in [0.25, 0.3) is 0 Å². The number of thiazole rings is 1. The molecule has 0 saturated carbocycles. The van der Waals surface area contributed by atoms with Crippen LogP contribution in [0.4, 0.5) is 5.13 Å². The van der Waals surface area contributed by atoms with Crippen LogP contribution in [0.2, 0.25) is 0 Å². The minimum absolute atomic E-state index is 0.100. The van der Waals surface area contributed by atoms with Gasteiger partial charge in [-0.3, -0.25) is 9.79 Å². The fourth-order valence-electron chi connectivity index (χ4n) is 2.47. The van der Waals surface area contributed by atoms with Gasteiger partial charge in [0.05, 0.1) is 24.6 Å². The number of carboxylic acids is 1. The van der Waals surface area contributed by atoms with E-state index in [9.17, 15) is 19.8 Å². The SMILES string of the molecule is CN(C)CCn1nnnc1SCCC=N[C@@H](SCO)[C@H](NC(=O)Cc1csc(N)n1)C(=O)O. The lowest BCUT2D eigenvalue weighted by atomic mass is 10.2. The number of rotatable bonds is 15. The molecular formula is C17H27N9O4S3. The van der Waals surface area contributed by atoms with E-state index >= 15 is 0 Å². The van der Waals surface area contributed by atoms with Gasteiger partial charge in [-0.2, -0.15) is 0 Å². The van der Waals surface area contributed by atoms with Crippen LogP contribution in [0.1, 0.15) is 12.1 Å². The molecule has 0 saturated heterocycles. The number of aliphatic hydroxyl groups excluding tert-OH is 1. The standard InChI is InChI=1S/C17H27N9O4S3/c1-25(2)5-6-26-17(22-23-24-26)31-7-3-4-19-14(33-10-27)13(15(29)30)21-12(28)8-11-9-32-16(18)20-11/h4,9,13-14,27H,3,5-8,10H2,1-2H3,(H2,18,20)(H,21,28)(H,29,30)/t13-,14-/m0/s1. The average Bonchev–Trinajstić information content (AvgIpc) is 3.37. The number of hydrogen-bond acceptors (Lipinski definition) is 13. The minimum atomic E-state index is -1.31. The number of aliphatic carboxylic acids is 1. The Hall–Kier alpha value is -2.27. The van der Waals surface area contributed by atoms with Gasteiger partial charge in [0.1, 0.15) is 5.37 Å². The second-order valence-corrected chi connectivity index (χ2v) is 9.91. The van der Waals surface area contributed by atoms with Crippen LogP contribution in [0.5, 0.6) is 0 Å². The number of likely N-dealkylation sites (N-methyl/N-ethyl adjacent to an activating group) is 1. The quantitative estimate of drug-likeness (QED) is 0.104. The molecule has 0 aliphatic heterocycles. The number of thioether (sulfide) groups is 2. The number of amides is 1. The Morgan fingerprint density at radius 2 is 2.24 bits per heavy atom. The van der Waals surface area contributed by atoms with Crippen molar-refractivity contribution in [3.63, 3.8) is 0 Å². The zero-order valence-electron chi connectivity index (χ0n) is 18.2. The summed E-state index contributed by atoms with van der Waals surface area (Å²) in [5.41, 5.74) is 6.01. The van der Waals surface area contributed by atoms with E-state index in [-0.39, 0.29) is 12.4 Å². The molecule has 0 unspecified atom stereocenters. The molecule has 13 nitrogen and oxygen atoms in total. The van der Waals surface area contributed by atoms with E-state index in [0.717, 1.165) is 18.3 Å². The molecule has 1 amide bonds. The van der Waals surface area contributed by atoms with Gasteiger partial charge in [-0.05, 0) is 30.9 Å². The third kappa shape index (κ3) is 9.63. The molecule has 2 rings (SSSR count). The lowest BCUT2D eigenvalue weighted by Gasteiger charge is -2.20. The summed E-state index contributed by atoms with van der Waals surface area (Å²) < 4.78 is 1.72. The Morgan fingerprint density at radius 3 is 2.88 bits per heavy atom. The Kier molecular flexibility index (Phi) is 11.5. The minimum Gasteiger partial charge on any atom is -0.480 e. The Labute approximate surface area is 203 Å². The fraction of sp³-hybridized carbons (Fsp3) is 0.588. The second-order valence-electron chi connectivity index (χ2n) is 6.88. The number of nitrogen functional groups attached to an aromatic ring is 1. The Bertz CT molecular complexity index is 921. The van der Waals surface area contributed by atoms with Gasteiger partial charge in [0.2, 0.25) is 11.1 Å². The van der Waals surface area contributed by atoms with Crippen molar-refractivity contribution >= 4 is 58.1 Å². The first-order valence-electron chi connectivity index (χ1n) is 9.80. The number of aromatic nitrogens is 5. The molecule has 0 radical (unpaired) electrons. The molecule has 182 valence electrons. The third-order valence-corrected chi connectivity index (χ3v) is 6.61. The first kappa shape index (κ1) is 27.0. The summed E-state index contributed by atoms with van der Waals surface area (Å²) in [6, 6.07) is -1.31. The Balaban J connectivity index is 1.89. The largest absolute Gasteiger partial charge is 0.480 e. The maximum Gasteiger partial charge on any atom is 0.329 e. The molecule has 2 atom stereocenters. The predicted molar refractivity (Wildman–Crippen MR) is 128 cm³/mol. The lowest BCUT2D eigenvalue weighted by molar-refractivity contribution is -0.141. The normalized spacial score (nSPS) is 13.5. The van der Waals surface area contributed by atoms with E-state index in [1.165, 1.54) is 23.1 Å². The summed E-state index contributed by atoms with van der Waals surface area (Å²) in [5, 5.41) is 34.8. The van der Waals surface area contributed by atoms with E-state index in [2.05, 4.69) is 30.8 Å². The number of aliphatic hydroxyl groups is 1. The molecule has 0 fully saturated rings. The van der Waals surface area contributed by atoms with E-state index < -0.39 is 23.3 Å². The molecule has 2 aromatic rings. The van der Waals surface area contributed by atoms with Crippen LogP contribution in [0.25, 0.3) is 0 Å². The first-order chi connectivity index (χ1) is 15.8. The summed E-state index contributed by atoms with van der Waals surface area (Å²) in [6.45, 7) is 1.47. The number of hydrogen-bond donors (Lipinski definition) is 4. The Morgan fingerprint density at radius 1 is 1.45 bits per heavy atom. The van der Waals surface area contributed by atoms with Gasteiger partial charge in [-0.25, -0.2) is 14.5 Å². The molecule has 5 N–H and O–H groups in total. The van der Waals surface area contributed by atoms with Crippen molar-refractivity contribution in [2.24, 2.45) is 4.99 Å². The highest BCUT2D eigenvalue weighted by atomic mass is 32.2. The smallest absolute Gasteiger partial charge is 0.329 e. The van der Waals surface area contributed by atoms with E-state index in [1.807, 2.05) is 19.0 Å². The predicted octanol–water partition coefficient (Wildman–Crippen LogP) is -0.352. The molecule has 0 aliphatic carbocycles. The molecule has 16 heteroatoms. The number of nitrogens with two attached hydrogens (primary N) is 1. The van der Waals surface area contributed by atoms with Crippen LogP contribution in [0.15, 0.2) is 15.5 Å². The lowest BCUT2D eigenvalue weighted by Crippen LogP contribution is -2.47. The summed E-state index contributed by atoms with van der Waals surface area (Å²) in [4.78, 5) is 34.3. The van der Waals surface area contributed by atoms with Crippen LogP contribution < -0.4 is 11.1 Å². The summed E-state index contributed by atoms with van der Waals surface area (Å²) >= 11 is 3.57. The van der Waals surface area contributed by atoms with Crippen molar-refractivity contribution in [2.45, 2.75) is 36.0 Å². The second kappa shape index (κ2) is 14.1. The molecular weight excluding hydrogens is 490 g/mol. The average molecular weight is 518 g/mol. The van der Waals surface area contributed by atoms with Crippen molar-refractivity contribution in [3.05, 3.63) is 11.1 Å². The van der Waals surface area contributed by atoms with Crippen molar-refractivity contribution in [2.75, 3.05) is 38.1 Å². The summed E-state index contributed by atoms with van der Waals surface area (Å²) in [5.74, 6) is -1.50. The van der Waals surface area contributed by atoms with Crippen LogP contribution in [0, 0.1) is 0 Å². The van der Waals surface area contributed by atoms with Crippen molar-refractivity contribution in [1.29, 1.82) is 0 Å². The number of nitrogens with one attached hydrogen (secondary N) is 1. The third-order valence-electron chi connectivity index (χ3n) is 4.01. The molecule has 33 heavy (non-hydrogen) atoms. The maximum atomic E-state index is 12.3. The van der Waals surface area contributed by atoms with Crippen LogP contribution in [-0.4, -0.2) is 102 Å². The molecule has 0 spiro atoms. The number of tetrazole rings is 1. The van der Waals surface area contributed by atoms with Gasteiger partial charge in [0.15, 0.2) is 11.2 Å². The first-order valence-corrected chi connectivity index (χ1v) is 12.7. The molecule has 2 aromatic heterocycles. The zero-order valence-corrected chi connectivity index (χ0v) is 20.6. The van der Waals surface area contributed by atoms with Gasteiger partial charge in [-0.1, -0.05) is 11.8 Å². The van der Waals surface area contributed by atoms with E-state index in [4.69, 9.17) is 5.73 Å². The number of carboxylic acid groups (broad SMARTS) is 1. The van der Waals surface area contributed by atoms with Gasteiger partial charge in [-0.15, -0.1) is 28.2 Å². The highest BCUT2D eigenvalue weighted by Gasteiger charge is 2.29. The van der Waals surface area contributed by atoms with Gasteiger partial charge in [0, 0.05) is 23.9 Å². The van der Waals surface area contributed by atoms with Crippen molar-refractivity contribution in [1.82, 2.24) is 35.4 Å². The number of carbonyl (C=O) groups is 2. The highest BCUT2D eigenvalue weighted by molar-refractivity contribution is 7.99. The highest BCUT2D eigenvalue weighted by Crippen LogP contribution is 2.18.